The van der Waals surface area contributed by atoms with E-state index in [1.807, 2.05) is 16.9 Å². The fourth-order valence-corrected chi connectivity index (χ4v) is 4.15. The van der Waals surface area contributed by atoms with Crippen LogP contribution in [0.1, 0.15) is 31.7 Å². The average molecular weight is 494 g/mol. The highest BCUT2D eigenvalue weighted by Crippen LogP contribution is 2.20. The van der Waals surface area contributed by atoms with Crippen LogP contribution in [0, 0.1) is 0 Å². The predicted octanol–water partition coefficient (Wildman–Crippen LogP) is 3.13. The van der Waals surface area contributed by atoms with Gasteiger partial charge in [0.15, 0.2) is 5.96 Å². The van der Waals surface area contributed by atoms with Crippen LogP contribution in [0.25, 0.3) is 5.69 Å². The molecule has 3 heterocycles. The highest BCUT2D eigenvalue weighted by Gasteiger charge is 2.30. The number of nitrogens with one attached hydrogen (secondary N) is 1. The summed E-state index contributed by atoms with van der Waals surface area (Å²) in [5.74, 6) is 1.05. The number of likely N-dealkylation sites (tertiary alicyclic amines) is 2. The lowest BCUT2D eigenvalue weighted by Gasteiger charge is -2.25. The first kappa shape index (κ1) is 21.1. The van der Waals surface area contributed by atoms with Gasteiger partial charge >= 0.3 is 0 Å². The summed E-state index contributed by atoms with van der Waals surface area (Å²) in [6.07, 6.45) is 7.74. The number of halogens is 1. The molecule has 0 aliphatic carbocycles. The van der Waals surface area contributed by atoms with Crippen LogP contribution in [0.15, 0.2) is 47.7 Å². The molecule has 0 spiro atoms. The Morgan fingerprint density at radius 2 is 2.07 bits per heavy atom. The van der Waals surface area contributed by atoms with E-state index in [0.29, 0.717) is 12.6 Å². The van der Waals surface area contributed by atoms with E-state index in [2.05, 4.69) is 51.4 Å². The topological polar surface area (TPSA) is 48.7 Å². The van der Waals surface area contributed by atoms with Gasteiger partial charge < -0.3 is 10.2 Å². The van der Waals surface area contributed by atoms with Crippen LogP contribution in [-0.4, -0.2) is 64.3 Å². The van der Waals surface area contributed by atoms with Crippen LogP contribution in [0.5, 0.6) is 0 Å². The van der Waals surface area contributed by atoms with Crippen molar-refractivity contribution in [2.24, 2.45) is 4.99 Å². The van der Waals surface area contributed by atoms with Gasteiger partial charge in [-0.1, -0.05) is 12.1 Å². The normalized spacial score (nSPS) is 20.4. The second-order valence-corrected chi connectivity index (χ2v) is 7.42. The lowest BCUT2D eigenvalue weighted by molar-refractivity contribution is 0.249. The summed E-state index contributed by atoms with van der Waals surface area (Å²) in [5.41, 5.74) is 2.28. The smallest absolute Gasteiger partial charge is 0.194 e. The Morgan fingerprint density at radius 1 is 1.21 bits per heavy atom. The molecule has 6 nitrogen and oxygen atoms in total. The third-order valence-corrected chi connectivity index (χ3v) is 5.55. The van der Waals surface area contributed by atoms with E-state index in [9.17, 15) is 0 Å². The summed E-state index contributed by atoms with van der Waals surface area (Å²) >= 11 is 0. The van der Waals surface area contributed by atoms with Crippen molar-refractivity contribution in [1.82, 2.24) is 24.9 Å². The van der Waals surface area contributed by atoms with Crippen molar-refractivity contribution in [1.29, 1.82) is 0 Å². The molecule has 4 rings (SSSR count). The van der Waals surface area contributed by atoms with Crippen molar-refractivity contribution in [3.63, 3.8) is 0 Å². The number of nitrogens with zero attached hydrogens (tertiary/aromatic N) is 5. The monoisotopic (exact) mass is 494 g/mol. The van der Waals surface area contributed by atoms with Crippen LogP contribution in [0.3, 0.4) is 0 Å². The minimum absolute atomic E-state index is 0. The van der Waals surface area contributed by atoms with Gasteiger partial charge in [-0.15, -0.1) is 24.0 Å². The minimum atomic E-state index is 0. The summed E-state index contributed by atoms with van der Waals surface area (Å²) in [5, 5.41) is 7.80. The first-order valence-corrected chi connectivity index (χ1v) is 10.2. The highest BCUT2D eigenvalue weighted by molar-refractivity contribution is 14.0. The van der Waals surface area contributed by atoms with E-state index in [1.165, 1.54) is 37.9 Å². The maximum absolute atomic E-state index is 4.93. The third-order valence-electron chi connectivity index (χ3n) is 5.55. The molecular weight excluding hydrogens is 463 g/mol. The summed E-state index contributed by atoms with van der Waals surface area (Å²) in [6.45, 7) is 8.46. The Hall–Kier alpha value is -1.61. The first-order chi connectivity index (χ1) is 13.3. The molecule has 152 valence electrons. The van der Waals surface area contributed by atoms with E-state index >= 15 is 0 Å². The first-order valence-electron chi connectivity index (χ1n) is 10.2. The molecule has 0 radical (unpaired) electrons. The lowest BCUT2D eigenvalue weighted by Crippen LogP contribution is -2.42. The molecule has 1 unspecified atom stereocenters. The van der Waals surface area contributed by atoms with Gasteiger partial charge in [0.05, 0.1) is 12.2 Å². The Labute approximate surface area is 185 Å². The van der Waals surface area contributed by atoms with Crippen LogP contribution >= 0.6 is 24.0 Å². The quantitative estimate of drug-likeness (QED) is 0.395. The summed E-state index contributed by atoms with van der Waals surface area (Å²) < 4.78 is 1.89. The molecule has 1 atom stereocenters. The fraction of sp³-hybridized carbons (Fsp3) is 0.524. The predicted molar refractivity (Wildman–Crippen MR) is 125 cm³/mol. The van der Waals surface area contributed by atoms with E-state index in [4.69, 9.17) is 4.99 Å². The molecule has 0 bridgehead atoms. The largest absolute Gasteiger partial charge is 0.357 e. The Balaban J connectivity index is 0.00000225. The van der Waals surface area contributed by atoms with Gasteiger partial charge in [-0.2, -0.15) is 5.10 Å². The van der Waals surface area contributed by atoms with Crippen LogP contribution in [0.2, 0.25) is 0 Å². The maximum Gasteiger partial charge on any atom is 0.194 e. The van der Waals surface area contributed by atoms with Gasteiger partial charge in [-0.25, -0.2) is 9.67 Å². The molecular formula is C21H31IN6. The Morgan fingerprint density at radius 3 is 2.82 bits per heavy atom. The van der Waals surface area contributed by atoms with Gasteiger partial charge in [0, 0.05) is 38.1 Å². The number of aliphatic imine (C=N–C) groups is 1. The highest BCUT2D eigenvalue weighted by atomic mass is 127. The molecule has 2 saturated heterocycles. The van der Waals surface area contributed by atoms with Gasteiger partial charge in [0.2, 0.25) is 0 Å². The number of guanidine groups is 1. The van der Waals surface area contributed by atoms with Gasteiger partial charge in [-0.3, -0.25) is 4.90 Å². The molecule has 0 saturated carbocycles. The molecule has 2 aliphatic heterocycles. The number of hydrogen-bond acceptors (Lipinski definition) is 3. The van der Waals surface area contributed by atoms with E-state index < -0.39 is 0 Å². The van der Waals surface area contributed by atoms with Crippen molar-refractivity contribution < 1.29 is 0 Å². The second-order valence-electron chi connectivity index (χ2n) is 7.42. The van der Waals surface area contributed by atoms with E-state index in [-0.39, 0.29) is 24.0 Å². The van der Waals surface area contributed by atoms with Crippen LogP contribution < -0.4 is 5.32 Å². The molecule has 2 aliphatic rings. The van der Waals surface area contributed by atoms with E-state index in [0.717, 1.165) is 31.3 Å². The summed E-state index contributed by atoms with van der Waals surface area (Å²) in [4.78, 5) is 10.0. The standard InChI is InChI=1S/C21H30N6.HI/c1-2-22-21(26-14-9-20(17-26)25-11-3-4-12-25)23-16-18-7-5-8-19(15-18)27-13-6-10-24-27;/h5-8,10,13,15,20H,2-4,9,11-12,14,16-17H2,1H3,(H,22,23);1H. The molecule has 2 fully saturated rings. The second kappa shape index (κ2) is 10.2. The Kier molecular flexibility index (Phi) is 7.73. The molecule has 2 aromatic rings. The van der Waals surface area contributed by atoms with E-state index in [1.54, 1.807) is 6.20 Å². The van der Waals surface area contributed by atoms with Crippen molar-refractivity contribution in [3.05, 3.63) is 48.3 Å². The number of aromatic nitrogens is 2. The molecule has 1 aromatic carbocycles. The molecule has 1 aromatic heterocycles. The number of rotatable bonds is 5. The van der Waals surface area contributed by atoms with Crippen molar-refractivity contribution >= 4 is 29.9 Å². The number of hydrogen-bond donors (Lipinski definition) is 1. The molecule has 0 amide bonds. The molecule has 7 heteroatoms. The third kappa shape index (κ3) is 5.05. The zero-order chi connectivity index (χ0) is 18.5. The maximum atomic E-state index is 4.93. The fourth-order valence-electron chi connectivity index (χ4n) is 4.15. The zero-order valence-electron chi connectivity index (χ0n) is 16.6. The van der Waals surface area contributed by atoms with Crippen LogP contribution in [0.4, 0.5) is 0 Å². The SMILES string of the molecule is CCNC(=NCc1cccc(-n2cccn2)c1)N1CCC(N2CCCC2)C1.I. The Bertz CT molecular complexity index is 754. The van der Waals surface area contributed by atoms with Gasteiger partial charge in [-0.05, 0) is 63.0 Å². The summed E-state index contributed by atoms with van der Waals surface area (Å²) in [7, 11) is 0. The zero-order valence-corrected chi connectivity index (χ0v) is 19.0. The van der Waals surface area contributed by atoms with Crippen LogP contribution in [-0.2, 0) is 6.54 Å². The van der Waals surface area contributed by atoms with Crippen molar-refractivity contribution in [3.8, 4) is 5.69 Å². The van der Waals surface area contributed by atoms with Crippen molar-refractivity contribution in [2.45, 2.75) is 38.8 Å². The molecule has 1 N–H and O–H groups in total. The van der Waals surface area contributed by atoms with Gasteiger partial charge in [0.25, 0.3) is 0 Å². The lowest BCUT2D eigenvalue weighted by atomic mass is 10.2. The minimum Gasteiger partial charge on any atom is -0.357 e. The number of benzene rings is 1. The molecule has 28 heavy (non-hydrogen) atoms. The van der Waals surface area contributed by atoms with Crippen molar-refractivity contribution in [2.75, 3.05) is 32.7 Å². The average Bonchev–Trinajstić information content (AvgIpc) is 3.46. The summed E-state index contributed by atoms with van der Waals surface area (Å²) in [6, 6.07) is 11.1. The van der Waals surface area contributed by atoms with Gasteiger partial charge in [0.1, 0.15) is 0 Å².